The molecule has 0 aliphatic carbocycles. The van der Waals surface area contributed by atoms with E-state index in [1.807, 2.05) is 12.1 Å². The van der Waals surface area contributed by atoms with E-state index in [0.29, 0.717) is 12.8 Å². The average molecular weight is 424 g/mol. The summed E-state index contributed by atoms with van der Waals surface area (Å²) in [4.78, 5) is 23.5. The Balaban J connectivity index is 4.70. The van der Waals surface area contributed by atoms with Gasteiger partial charge in [0.25, 0.3) is 0 Å². The number of rotatable bonds is 14. The second-order valence-corrected chi connectivity index (χ2v) is 7.69. The summed E-state index contributed by atoms with van der Waals surface area (Å²) in [6.07, 6.45) is -0.548. The Hall–Kier alpha value is -2.56. The van der Waals surface area contributed by atoms with Gasteiger partial charge in [0.05, 0.1) is 37.6 Å². The lowest BCUT2D eigenvalue weighted by Gasteiger charge is -2.19. The van der Waals surface area contributed by atoms with E-state index in [2.05, 4.69) is 10.2 Å². The van der Waals surface area contributed by atoms with Gasteiger partial charge >= 0.3 is 11.9 Å². The van der Waals surface area contributed by atoms with Crippen molar-refractivity contribution in [2.24, 2.45) is 10.2 Å². The van der Waals surface area contributed by atoms with Crippen LogP contribution in [0.4, 0.5) is 0 Å². The predicted molar refractivity (Wildman–Crippen MR) is 106 cm³/mol. The summed E-state index contributed by atoms with van der Waals surface area (Å²) in [6, 6.07) is 3.95. The van der Waals surface area contributed by atoms with Crippen molar-refractivity contribution in [1.29, 1.82) is 10.5 Å². The fraction of sp³-hybridized carbons (Fsp3) is 0.800. The number of aliphatic hydroxyl groups excluding tert-OH is 2. The first kappa shape index (κ1) is 27.4. The fourth-order valence-electron chi connectivity index (χ4n) is 2.00. The van der Waals surface area contributed by atoms with E-state index < -0.39 is 35.2 Å². The van der Waals surface area contributed by atoms with E-state index >= 15 is 0 Å². The number of carbonyl (C=O) groups excluding carboxylic acids is 2. The van der Waals surface area contributed by atoms with Crippen molar-refractivity contribution in [3.63, 3.8) is 0 Å². The van der Waals surface area contributed by atoms with Crippen LogP contribution in [-0.4, -0.2) is 58.7 Å². The molecule has 0 aliphatic rings. The summed E-state index contributed by atoms with van der Waals surface area (Å²) < 4.78 is 9.94. The molecule has 0 amide bonds. The Morgan fingerprint density at radius 1 is 0.867 bits per heavy atom. The van der Waals surface area contributed by atoms with E-state index in [1.165, 1.54) is 13.8 Å². The van der Waals surface area contributed by atoms with Crippen molar-refractivity contribution in [1.82, 2.24) is 0 Å². The van der Waals surface area contributed by atoms with Gasteiger partial charge in [0, 0.05) is 25.7 Å². The zero-order chi connectivity index (χ0) is 23.2. The molecule has 0 spiro atoms. The molecule has 0 aromatic carbocycles. The van der Waals surface area contributed by atoms with Gasteiger partial charge in [-0.3, -0.25) is 9.59 Å². The second-order valence-electron chi connectivity index (χ2n) is 7.69. The van der Waals surface area contributed by atoms with Crippen LogP contribution in [0.2, 0.25) is 0 Å². The number of carbonyl (C=O) groups is 2. The minimum Gasteiger partial charge on any atom is -0.466 e. The summed E-state index contributed by atoms with van der Waals surface area (Å²) in [7, 11) is 0. The number of azo groups is 1. The van der Waals surface area contributed by atoms with Crippen LogP contribution in [0.5, 0.6) is 0 Å². The highest BCUT2D eigenvalue weighted by Crippen LogP contribution is 2.23. The SMILES string of the molecule is CC(O)CCOC(=O)CCC(C)(C#N)N=NC(C)(C#N)CCC(=O)OCCC(C)O. The van der Waals surface area contributed by atoms with Crippen molar-refractivity contribution in [2.45, 2.75) is 89.5 Å². The van der Waals surface area contributed by atoms with Crippen LogP contribution in [0.25, 0.3) is 0 Å². The zero-order valence-corrected chi connectivity index (χ0v) is 18.1. The lowest BCUT2D eigenvalue weighted by atomic mass is 9.97. The summed E-state index contributed by atoms with van der Waals surface area (Å²) >= 11 is 0. The van der Waals surface area contributed by atoms with Gasteiger partial charge in [0.1, 0.15) is 0 Å². The van der Waals surface area contributed by atoms with Crippen molar-refractivity contribution in [3.05, 3.63) is 0 Å². The van der Waals surface area contributed by atoms with Gasteiger partial charge in [-0.1, -0.05) is 0 Å². The molecule has 0 aromatic heterocycles. The molecule has 2 N–H and O–H groups in total. The van der Waals surface area contributed by atoms with Crippen LogP contribution >= 0.6 is 0 Å². The third kappa shape index (κ3) is 12.8. The molecule has 0 radical (unpaired) electrons. The van der Waals surface area contributed by atoms with Crippen LogP contribution in [0.3, 0.4) is 0 Å². The van der Waals surface area contributed by atoms with E-state index in [9.17, 15) is 20.1 Å². The molecule has 168 valence electrons. The fourth-order valence-corrected chi connectivity index (χ4v) is 2.00. The van der Waals surface area contributed by atoms with Crippen molar-refractivity contribution < 1.29 is 29.3 Å². The first-order valence-corrected chi connectivity index (χ1v) is 9.89. The smallest absolute Gasteiger partial charge is 0.305 e. The molecule has 0 rings (SSSR count). The maximum Gasteiger partial charge on any atom is 0.305 e. The monoisotopic (exact) mass is 424 g/mol. The quantitative estimate of drug-likeness (QED) is 0.316. The lowest BCUT2D eigenvalue weighted by Crippen LogP contribution is -2.25. The van der Waals surface area contributed by atoms with Gasteiger partial charge in [-0.15, -0.1) is 0 Å². The molecule has 0 saturated heterocycles. The van der Waals surface area contributed by atoms with Crippen molar-refractivity contribution in [2.75, 3.05) is 13.2 Å². The maximum atomic E-state index is 11.7. The predicted octanol–water partition coefficient (Wildman–Crippen LogP) is 2.19. The molecule has 0 aliphatic heterocycles. The Labute approximate surface area is 177 Å². The van der Waals surface area contributed by atoms with E-state index in [0.717, 1.165) is 0 Å². The molecule has 4 unspecified atom stereocenters. The normalized spacial score (nSPS) is 17.1. The second kappa shape index (κ2) is 13.6. The van der Waals surface area contributed by atoms with Crippen molar-refractivity contribution in [3.8, 4) is 12.1 Å². The molecule has 0 bridgehead atoms. The van der Waals surface area contributed by atoms with Gasteiger partial charge in [-0.2, -0.15) is 20.8 Å². The molecule has 30 heavy (non-hydrogen) atoms. The highest BCUT2D eigenvalue weighted by Gasteiger charge is 2.30. The standard InChI is InChI=1S/C20H32N4O6/c1-15(25)7-11-29-17(27)5-9-19(3,13-21)23-24-20(4,14-22)10-6-18(28)30-12-8-16(2)26/h15-16,25-26H,5-12H2,1-4H3. The third-order valence-electron chi connectivity index (χ3n) is 4.20. The summed E-state index contributed by atoms with van der Waals surface area (Å²) in [6.45, 7) is 6.32. The molecule has 0 aromatic rings. The van der Waals surface area contributed by atoms with Crippen LogP contribution < -0.4 is 0 Å². The highest BCUT2D eigenvalue weighted by molar-refractivity contribution is 5.69. The number of hydrogen-bond donors (Lipinski definition) is 2. The number of nitriles is 2. The number of hydrogen-bond acceptors (Lipinski definition) is 10. The molecule has 10 heteroatoms. The molecule has 0 fully saturated rings. The first-order valence-electron chi connectivity index (χ1n) is 9.89. The topological polar surface area (TPSA) is 165 Å². The van der Waals surface area contributed by atoms with E-state index in [4.69, 9.17) is 19.7 Å². The Morgan fingerprint density at radius 3 is 1.47 bits per heavy atom. The van der Waals surface area contributed by atoms with Gasteiger partial charge in [-0.25, -0.2) is 0 Å². The van der Waals surface area contributed by atoms with Crippen LogP contribution in [0.15, 0.2) is 10.2 Å². The molecular weight excluding hydrogens is 392 g/mol. The first-order chi connectivity index (χ1) is 13.9. The Kier molecular flexibility index (Phi) is 12.5. The van der Waals surface area contributed by atoms with Crippen LogP contribution in [-0.2, 0) is 19.1 Å². The van der Waals surface area contributed by atoms with E-state index in [1.54, 1.807) is 13.8 Å². The minimum absolute atomic E-state index is 0.0450. The number of ether oxygens (including phenoxy) is 2. The van der Waals surface area contributed by atoms with Crippen molar-refractivity contribution >= 4 is 11.9 Å². The molecule has 0 saturated carbocycles. The Bertz CT molecular complexity index is 611. The zero-order valence-electron chi connectivity index (χ0n) is 18.1. The summed E-state index contributed by atoms with van der Waals surface area (Å²) in [5, 5.41) is 45.1. The van der Waals surface area contributed by atoms with Crippen LogP contribution in [0.1, 0.15) is 66.2 Å². The van der Waals surface area contributed by atoms with Gasteiger partial charge < -0.3 is 19.7 Å². The molecular formula is C20H32N4O6. The minimum atomic E-state index is -1.33. The highest BCUT2D eigenvalue weighted by atomic mass is 16.5. The lowest BCUT2D eigenvalue weighted by molar-refractivity contribution is -0.145. The van der Waals surface area contributed by atoms with Gasteiger partial charge in [-0.05, 0) is 40.5 Å². The average Bonchev–Trinajstić information content (AvgIpc) is 2.68. The third-order valence-corrected chi connectivity index (χ3v) is 4.20. The number of aliphatic hydroxyl groups is 2. The Morgan fingerprint density at radius 2 is 1.20 bits per heavy atom. The molecule has 0 heterocycles. The largest absolute Gasteiger partial charge is 0.466 e. The molecule has 10 nitrogen and oxygen atoms in total. The maximum absolute atomic E-state index is 11.7. The van der Waals surface area contributed by atoms with E-state index in [-0.39, 0.29) is 38.9 Å². The number of esters is 2. The number of nitrogens with zero attached hydrogens (tertiary/aromatic N) is 4. The summed E-state index contributed by atoms with van der Waals surface area (Å²) in [5.41, 5.74) is -2.67. The van der Waals surface area contributed by atoms with Gasteiger partial charge in [0.15, 0.2) is 11.1 Å². The van der Waals surface area contributed by atoms with Gasteiger partial charge in [0.2, 0.25) is 0 Å². The van der Waals surface area contributed by atoms with Crippen LogP contribution in [0, 0.1) is 22.7 Å². The summed E-state index contributed by atoms with van der Waals surface area (Å²) in [5.74, 6) is -1.04. The molecule has 4 atom stereocenters.